The molecule has 3 aliphatic heterocycles. The fourth-order valence-electron chi connectivity index (χ4n) is 10.8. The summed E-state index contributed by atoms with van der Waals surface area (Å²) in [6.45, 7) is 12.6. The maximum absolute atomic E-state index is 12.9. The van der Waals surface area contributed by atoms with Crippen molar-refractivity contribution >= 4 is 256 Å². The summed E-state index contributed by atoms with van der Waals surface area (Å²) in [6, 6.07) is 10.9. The van der Waals surface area contributed by atoms with E-state index in [1.807, 2.05) is 12.1 Å². The Kier molecular flexibility index (Phi) is 44.0. The van der Waals surface area contributed by atoms with Crippen molar-refractivity contribution in [1.29, 1.82) is 0 Å². The van der Waals surface area contributed by atoms with Gasteiger partial charge < -0.3 is 85.0 Å². The van der Waals surface area contributed by atoms with Crippen LogP contribution >= 0.6 is 124 Å². The van der Waals surface area contributed by atoms with Gasteiger partial charge in [0.25, 0.3) is 29.1 Å². The number of oxazole rings is 2. The molecule has 0 aliphatic carbocycles. The fourth-order valence-corrected chi connectivity index (χ4v) is 12.4. The van der Waals surface area contributed by atoms with Crippen LogP contribution in [0.1, 0.15) is 92.5 Å². The number of rotatable bonds is 11. The zero-order valence-electron chi connectivity index (χ0n) is 67.7. The SMILES string of the molecule is C1CCOCC1.CCO.CCOC(=O)C(Cl)C=O.CCOC(=O)c1cnc2cnc(Br)cn12.Nc1cnc(Br)cn1.Nc1nc2cc(-c3cn4c(C(=O)N5CCOCC5)cnc4cn3)ccc2o1.Nc1nc2cc([B]O)ccc2o1.O.O=C(Cl)c1cnc2cnc(Br)cn12.O=C(O)c1cnc2cnc(Br)cn12.O=C(c1cnc2cnc(Br)cn12)N1CCOCC1.O=S(Cl)Cl. The van der Waals surface area contributed by atoms with E-state index < -0.39 is 31.8 Å². The Labute approximate surface area is 794 Å². The number of nitrogens with zero attached hydrogens (tertiary/aromatic N) is 21. The largest absolute Gasteiger partial charge is 0.477 e. The Morgan fingerprint density at radius 1 is 0.519 bits per heavy atom. The minimum Gasteiger partial charge on any atom is -0.477 e. The fraction of sp³-hybridized carbons (Fsp3) is 0.267. The highest BCUT2D eigenvalue weighted by molar-refractivity contribution is 9.11. The van der Waals surface area contributed by atoms with Gasteiger partial charge in [-0.25, -0.2) is 73.4 Å². The van der Waals surface area contributed by atoms with Crippen LogP contribution in [-0.4, -0.2) is 266 Å². The van der Waals surface area contributed by atoms with Crippen molar-refractivity contribution < 1.29 is 91.0 Å². The molecule has 3 fully saturated rings. The number of carbonyl (C=O) groups is 7. The van der Waals surface area contributed by atoms with Crippen LogP contribution < -0.4 is 22.7 Å². The van der Waals surface area contributed by atoms with E-state index in [2.05, 4.69) is 176 Å². The van der Waals surface area contributed by atoms with Crippen molar-refractivity contribution in [2.75, 3.05) is 103 Å². The molecule has 129 heavy (non-hydrogen) atoms. The number of nitrogens with two attached hydrogens (primary N) is 3. The van der Waals surface area contributed by atoms with E-state index in [9.17, 15) is 33.6 Å². The molecule has 0 saturated carbocycles. The summed E-state index contributed by atoms with van der Waals surface area (Å²) in [5.41, 5.74) is 25.8. The third-order valence-corrected chi connectivity index (χ3v) is 18.9. The van der Waals surface area contributed by atoms with Gasteiger partial charge in [-0.3, -0.25) is 41.4 Å². The number of halogens is 9. The number of hydrogen-bond donors (Lipinski definition) is 6. The number of hydrogen-bond acceptors (Lipinski definition) is 34. The van der Waals surface area contributed by atoms with Crippen molar-refractivity contribution in [3.8, 4) is 11.3 Å². The summed E-state index contributed by atoms with van der Waals surface area (Å²) in [4.78, 5) is 138. The highest BCUT2D eigenvalue weighted by Crippen LogP contribution is 2.26. The van der Waals surface area contributed by atoms with E-state index >= 15 is 0 Å². The maximum Gasteiger partial charge on any atom is 0.356 e. The van der Waals surface area contributed by atoms with Crippen molar-refractivity contribution in [3.05, 3.63) is 193 Å². The van der Waals surface area contributed by atoms with Crippen LogP contribution in [0.3, 0.4) is 0 Å². The number of anilines is 3. The van der Waals surface area contributed by atoms with Gasteiger partial charge in [0.1, 0.15) is 63.2 Å². The van der Waals surface area contributed by atoms with E-state index in [-0.39, 0.29) is 54.2 Å². The predicted octanol–water partition coefficient (Wildman–Crippen LogP) is 9.51. The quantitative estimate of drug-likeness (QED) is 0.0175. The second kappa shape index (κ2) is 54.0. The van der Waals surface area contributed by atoms with E-state index in [1.54, 1.807) is 147 Å². The second-order valence-electron chi connectivity index (χ2n) is 24.9. The highest BCUT2D eigenvalue weighted by atomic mass is 79.9. The summed E-state index contributed by atoms with van der Waals surface area (Å²) in [6.07, 6.45) is 31.0. The molecule has 43 nitrogen and oxygen atoms in total. The second-order valence-corrected chi connectivity index (χ2v) is 32.3. The number of morpholine rings is 2. The van der Waals surface area contributed by atoms with Crippen molar-refractivity contribution in [3.63, 3.8) is 0 Å². The molecule has 3 aliphatic rings. The molecule has 1 unspecified atom stereocenters. The Morgan fingerprint density at radius 2 is 0.907 bits per heavy atom. The molecule has 0 bridgehead atoms. The standard InChI is InChI=1S/C18H16N6O3.C11H11BrN4O2.C9H8BrN3O2.C7H6BN2O2.C7H3BrClN3O.C7H4BrN3O2.C5H7ClO3.C5H10O.C4H4BrN3.C2H6O.Cl2OS.H2O/c19-18-22-12-7-11(1-2-15(12)27-18)13-10-24-14(8-21-16(24)9-20-13)17(25)23-3-5-26-6-4-23;12-9-7-16-8(5-14-10(16)6-13-9)11(17)15-1-3-18-4-2-15;1-2-15-9(14)6-3-12-8-4-11-7(10)5-13(6)8;9-7-10-5-3-4(8-11)1-2-6(5)12-7;8-5-3-12-4(7(9)13)1-11-6(12)2-10-5;8-5-3-11-4(7(12)13)1-10-6(11)2-9-5;1-2-9-5(8)4(6)3-7;1-2-4-6-5-3-1;5-3-1-8-4(6)2-7-3;1-2-3;1-4(2)3;/h1-2,7-10H,3-6H2,(H2,19,22);5-7H,1-4H2;3-5H,2H2,1H3;1-3,11H,(H2,9,10);1-3H;1-3H,(H,12,13);3-4H,2H2,1H3;1-5H2;1-2H,(H2,6,8);3H,2H2,1H3;;1H2. The van der Waals surface area contributed by atoms with E-state index in [4.69, 9.17) is 87.6 Å². The number of carboxylic acid groups (broad SMARTS) is 1. The number of aldehydes is 1. The molecular formula is C75H77BBr5Cl4N24O19S. The van der Waals surface area contributed by atoms with Gasteiger partial charge in [0.05, 0.1) is 120 Å². The van der Waals surface area contributed by atoms with Crippen LogP contribution in [0, 0.1) is 0 Å². The Balaban J connectivity index is 0.000000202. The summed E-state index contributed by atoms with van der Waals surface area (Å²) in [5, 5.41) is 23.3. The number of aliphatic hydroxyl groups is 1. The number of carbonyl (C=O) groups excluding carboxylic acids is 6. The average molecular weight is 2200 g/mol. The number of aliphatic hydroxyl groups excluding tert-OH is 1. The van der Waals surface area contributed by atoms with Crippen LogP contribution in [0.5, 0.6) is 0 Å². The lowest BCUT2D eigenvalue weighted by Crippen LogP contribution is -2.41. The van der Waals surface area contributed by atoms with Crippen LogP contribution in [-0.2, 0) is 42.5 Å². The molecule has 13 aromatic heterocycles. The summed E-state index contributed by atoms with van der Waals surface area (Å²) in [5.74, 6) is -1.73. The van der Waals surface area contributed by atoms with Gasteiger partial charge in [-0.05, 0) is 162 Å². The molecule has 2 amide bonds. The summed E-state index contributed by atoms with van der Waals surface area (Å²) >= 11 is 26.5. The zero-order chi connectivity index (χ0) is 92.9. The molecule has 15 aromatic rings. The molecule has 0 spiro atoms. The predicted molar refractivity (Wildman–Crippen MR) is 493 cm³/mol. The number of fused-ring (bicyclic) bond motifs is 7. The van der Waals surface area contributed by atoms with Gasteiger partial charge >= 0.3 is 25.4 Å². The first kappa shape index (κ1) is 105. The molecule has 2 aromatic carbocycles. The third-order valence-electron chi connectivity index (χ3n) is 16.4. The first-order valence-corrected chi connectivity index (χ1v) is 44.9. The normalized spacial score (nSPS) is 12.6. The van der Waals surface area contributed by atoms with Gasteiger partial charge in [0, 0.05) is 104 Å². The van der Waals surface area contributed by atoms with Gasteiger partial charge in [0.15, 0.2) is 56.2 Å². The van der Waals surface area contributed by atoms with Crippen molar-refractivity contribution in [1.82, 2.24) is 102 Å². The molecule has 16 heterocycles. The van der Waals surface area contributed by atoms with E-state index in [1.165, 1.54) is 54.6 Å². The molecule has 11 N–H and O–H groups in total. The lowest BCUT2D eigenvalue weighted by Gasteiger charge is -2.26. The van der Waals surface area contributed by atoms with Crippen LogP contribution in [0.25, 0.3) is 61.7 Å². The van der Waals surface area contributed by atoms with E-state index in [0.717, 1.165) is 26.3 Å². The lowest BCUT2D eigenvalue weighted by molar-refractivity contribution is -0.143. The number of aromatic nitrogens is 19. The molecule has 683 valence electrons. The van der Waals surface area contributed by atoms with Crippen LogP contribution in [0.15, 0.2) is 174 Å². The van der Waals surface area contributed by atoms with E-state index in [0.29, 0.717) is 179 Å². The van der Waals surface area contributed by atoms with Crippen molar-refractivity contribution in [2.24, 2.45) is 0 Å². The van der Waals surface area contributed by atoms with Gasteiger partial charge in [0.2, 0.25) is 9.23 Å². The molecule has 3 saturated heterocycles. The summed E-state index contributed by atoms with van der Waals surface area (Å²) < 4.78 is 55.7. The zero-order valence-corrected chi connectivity index (χ0v) is 79.5. The molecule has 18 rings (SSSR count). The molecule has 54 heteroatoms. The van der Waals surface area contributed by atoms with Gasteiger partial charge in [-0.1, -0.05) is 11.5 Å². The Morgan fingerprint density at radius 3 is 1.30 bits per heavy atom. The van der Waals surface area contributed by atoms with Crippen LogP contribution in [0.2, 0.25) is 0 Å². The minimum absolute atomic E-state index is 0. The number of amides is 2. The van der Waals surface area contributed by atoms with Crippen LogP contribution in [0.4, 0.5) is 17.8 Å². The molecule has 1 radical (unpaired) electrons. The third kappa shape index (κ3) is 32.4. The Hall–Kier alpha value is -10.8. The number of esters is 2. The number of carboxylic acids is 1. The number of benzene rings is 2. The minimum atomic E-state index is -1.67. The highest BCUT2D eigenvalue weighted by Gasteiger charge is 2.25. The number of ether oxygens (including phenoxy) is 5. The topological polar surface area (TPSA) is 588 Å². The summed E-state index contributed by atoms with van der Waals surface area (Å²) in [7, 11) is 8.36. The van der Waals surface area contributed by atoms with Gasteiger partial charge in [-0.15, -0.1) is 11.6 Å². The van der Waals surface area contributed by atoms with Gasteiger partial charge in [-0.2, -0.15) is 9.97 Å². The Bertz CT molecular complexity index is 6120. The molecule has 1 atom stereocenters. The number of imidazole rings is 5. The lowest BCUT2D eigenvalue weighted by atomic mass is 9.89. The number of alkyl halides is 1. The first-order valence-electron chi connectivity index (χ1n) is 37.3. The number of aromatic carboxylic acids is 1. The monoisotopic (exact) mass is 2200 g/mol. The van der Waals surface area contributed by atoms with Crippen molar-refractivity contribution in [2.45, 2.75) is 45.4 Å². The first-order chi connectivity index (χ1) is 61.5. The smallest absolute Gasteiger partial charge is 0.356 e. The molecular weight excluding hydrogens is 2130 g/mol. The maximum atomic E-state index is 12.9. The number of nitrogen functional groups attached to an aromatic ring is 3. The average Bonchev–Trinajstić information content (AvgIpc) is 1.67.